The minimum atomic E-state index is -3.73. The number of hydrogen-bond acceptors (Lipinski definition) is 5. The fourth-order valence-corrected chi connectivity index (χ4v) is 3.85. The van der Waals surface area contributed by atoms with Crippen molar-refractivity contribution in [2.24, 2.45) is 0 Å². The summed E-state index contributed by atoms with van der Waals surface area (Å²) in [6.45, 7) is 4.17. The number of aromatic nitrogens is 1. The average Bonchev–Trinajstić information content (AvgIpc) is 2.69. The van der Waals surface area contributed by atoms with Crippen LogP contribution in [0.1, 0.15) is 18.1 Å². The molecular weight excluding hydrogens is 376 g/mol. The molecule has 1 aromatic heterocycles. The van der Waals surface area contributed by atoms with Crippen LogP contribution in [0.25, 0.3) is 0 Å². The van der Waals surface area contributed by atoms with Crippen molar-refractivity contribution >= 4 is 10.0 Å². The predicted molar refractivity (Wildman–Crippen MR) is 107 cm³/mol. The van der Waals surface area contributed by atoms with Gasteiger partial charge >= 0.3 is 0 Å². The smallest absolute Gasteiger partial charge is 0.244 e. The quantitative estimate of drug-likeness (QED) is 0.619. The Morgan fingerprint density at radius 1 is 1.04 bits per heavy atom. The standard InChI is InChI=1S/C21H22N2O4S/c1-3-26-19-11-10-16(2)13-20(19)28(24,25)23-15-17-7-6-8-18(14-17)27-21-9-4-5-12-22-21/h4-14,23H,3,15H2,1-2H3. The molecule has 1 heterocycles. The number of aryl methyl sites for hydroxylation is 1. The lowest BCUT2D eigenvalue weighted by molar-refractivity contribution is 0.331. The van der Waals surface area contributed by atoms with Gasteiger partial charge in [-0.3, -0.25) is 0 Å². The third-order valence-electron chi connectivity index (χ3n) is 3.91. The molecule has 3 aromatic rings. The Morgan fingerprint density at radius 2 is 1.89 bits per heavy atom. The molecule has 0 fully saturated rings. The Balaban J connectivity index is 1.75. The molecule has 0 aliphatic rings. The van der Waals surface area contributed by atoms with Crippen LogP contribution in [0.2, 0.25) is 0 Å². The van der Waals surface area contributed by atoms with Crippen molar-refractivity contribution in [2.75, 3.05) is 6.61 Å². The fourth-order valence-electron chi connectivity index (χ4n) is 2.60. The normalized spacial score (nSPS) is 11.2. The van der Waals surface area contributed by atoms with E-state index >= 15 is 0 Å². The number of sulfonamides is 1. The van der Waals surface area contributed by atoms with Gasteiger partial charge in [0.15, 0.2) is 0 Å². The van der Waals surface area contributed by atoms with Gasteiger partial charge in [0.05, 0.1) is 6.61 Å². The first-order valence-corrected chi connectivity index (χ1v) is 10.4. The minimum Gasteiger partial charge on any atom is -0.492 e. The monoisotopic (exact) mass is 398 g/mol. The second-order valence-electron chi connectivity index (χ2n) is 6.13. The van der Waals surface area contributed by atoms with Crippen LogP contribution in [0.5, 0.6) is 17.4 Å². The van der Waals surface area contributed by atoms with Crippen LogP contribution < -0.4 is 14.2 Å². The number of ether oxygens (including phenoxy) is 2. The maximum atomic E-state index is 12.8. The molecule has 146 valence electrons. The van der Waals surface area contributed by atoms with Crippen molar-refractivity contribution in [3.8, 4) is 17.4 Å². The highest BCUT2D eigenvalue weighted by Crippen LogP contribution is 2.26. The summed E-state index contributed by atoms with van der Waals surface area (Å²) < 4.78 is 39.4. The van der Waals surface area contributed by atoms with Crippen LogP contribution in [0, 0.1) is 6.92 Å². The second kappa shape index (κ2) is 8.86. The zero-order valence-electron chi connectivity index (χ0n) is 15.8. The number of hydrogen-bond donors (Lipinski definition) is 1. The Hall–Kier alpha value is -2.90. The lowest BCUT2D eigenvalue weighted by atomic mass is 10.2. The van der Waals surface area contributed by atoms with Crippen LogP contribution in [0.3, 0.4) is 0 Å². The first-order valence-electron chi connectivity index (χ1n) is 8.89. The summed E-state index contributed by atoms with van der Waals surface area (Å²) in [5, 5.41) is 0. The van der Waals surface area contributed by atoms with Crippen LogP contribution in [-0.4, -0.2) is 20.0 Å². The number of pyridine rings is 1. The summed E-state index contributed by atoms with van der Waals surface area (Å²) in [5.41, 5.74) is 1.61. The largest absolute Gasteiger partial charge is 0.492 e. The lowest BCUT2D eigenvalue weighted by Gasteiger charge is -2.13. The van der Waals surface area contributed by atoms with Crippen LogP contribution in [-0.2, 0) is 16.6 Å². The van der Waals surface area contributed by atoms with Crippen LogP contribution in [0.4, 0.5) is 0 Å². The Labute approximate surface area is 165 Å². The summed E-state index contributed by atoms with van der Waals surface area (Å²) in [7, 11) is -3.73. The van der Waals surface area contributed by atoms with Gasteiger partial charge in [-0.2, -0.15) is 0 Å². The van der Waals surface area contributed by atoms with E-state index in [2.05, 4.69) is 9.71 Å². The molecule has 0 atom stereocenters. The van der Waals surface area contributed by atoms with Crippen molar-refractivity contribution in [3.05, 3.63) is 78.0 Å². The zero-order chi connectivity index (χ0) is 20.0. The molecule has 0 aliphatic carbocycles. The number of nitrogens with one attached hydrogen (secondary N) is 1. The third kappa shape index (κ3) is 5.09. The Bertz CT molecular complexity index is 1040. The highest BCUT2D eigenvalue weighted by molar-refractivity contribution is 7.89. The maximum Gasteiger partial charge on any atom is 0.244 e. The molecule has 0 saturated carbocycles. The second-order valence-corrected chi connectivity index (χ2v) is 7.86. The molecule has 0 spiro atoms. The van der Waals surface area contributed by atoms with Gasteiger partial charge in [-0.15, -0.1) is 0 Å². The van der Waals surface area contributed by atoms with Crippen molar-refractivity contribution in [1.29, 1.82) is 0 Å². The van der Waals surface area contributed by atoms with Gasteiger partial charge in [0.2, 0.25) is 15.9 Å². The predicted octanol–water partition coefficient (Wildman–Crippen LogP) is 4.06. The first kappa shape index (κ1) is 19.9. The number of benzene rings is 2. The third-order valence-corrected chi connectivity index (χ3v) is 5.34. The topological polar surface area (TPSA) is 77.5 Å². The van der Waals surface area contributed by atoms with Crippen molar-refractivity contribution in [2.45, 2.75) is 25.3 Å². The molecule has 1 N–H and O–H groups in total. The van der Waals surface area contributed by atoms with Gasteiger partial charge in [-0.1, -0.05) is 24.3 Å². The first-order chi connectivity index (χ1) is 13.5. The van der Waals surface area contributed by atoms with E-state index in [4.69, 9.17) is 9.47 Å². The molecule has 0 radical (unpaired) electrons. The zero-order valence-corrected chi connectivity index (χ0v) is 16.6. The number of nitrogens with zero attached hydrogens (tertiary/aromatic N) is 1. The fraction of sp³-hybridized carbons (Fsp3) is 0.190. The van der Waals surface area contributed by atoms with Crippen LogP contribution >= 0.6 is 0 Å². The average molecular weight is 398 g/mol. The van der Waals surface area contributed by atoms with E-state index in [0.717, 1.165) is 11.1 Å². The summed E-state index contributed by atoms with van der Waals surface area (Å²) in [6, 6.07) is 17.7. The maximum absolute atomic E-state index is 12.8. The summed E-state index contributed by atoms with van der Waals surface area (Å²) in [4.78, 5) is 4.25. The molecule has 6 nitrogen and oxygen atoms in total. The highest BCUT2D eigenvalue weighted by Gasteiger charge is 2.19. The van der Waals surface area contributed by atoms with E-state index in [-0.39, 0.29) is 11.4 Å². The lowest BCUT2D eigenvalue weighted by Crippen LogP contribution is -2.24. The summed E-state index contributed by atoms with van der Waals surface area (Å²) in [5.74, 6) is 1.40. The molecular formula is C21H22N2O4S. The highest BCUT2D eigenvalue weighted by atomic mass is 32.2. The number of rotatable bonds is 8. The SMILES string of the molecule is CCOc1ccc(C)cc1S(=O)(=O)NCc1cccc(Oc2ccccn2)c1. The van der Waals surface area contributed by atoms with E-state index in [1.165, 1.54) is 0 Å². The Morgan fingerprint density at radius 3 is 2.64 bits per heavy atom. The van der Waals surface area contributed by atoms with Crippen molar-refractivity contribution in [3.63, 3.8) is 0 Å². The van der Waals surface area contributed by atoms with Crippen molar-refractivity contribution in [1.82, 2.24) is 9.71 Å². The van der Waals surface area contributed by atoms with Gasteiger partial charge in [-0.25, -0.2) is 18.1 Å². The van der Waals surface area contributed by atoms with Crippen LogP contribution in [0.15, 0.2) is 71.8 Å². The van der Waals surface area contributed by atoms with E-state index in [0.29, 0.717) is 24.0 Å². The summed E-state index contributed by atoms with van der Waals surface area (Å²) >= 11 is 0. The minimum absolute atomic E-state index is 0.126. The molecule has 28 heavy (non-hydrogen) atoms. The van der Waals surface area contributed by atoms with Crippen molar-refractivity contribution < 1.29 is 17.9 Å². The van der Waals surface area contributed by atoms with Gasteiger partial charge < -0.3 is 9.47 Å². The van der Waals surface area contributed by atoms with E-state index in [9.17, 15) is 8.42 Å². The Kier molecular flexibility index (Phi) is 6.28. The summed E-state index contributed by atoms with van der Waals surface area (Å²) in [6.07, 6.45) is 1.64. The molecule has 2 aromatic carbocycles. The van der Waals surface area contributed by atoms with Gasteiger partial charge in [0.25, 0.3) is 0 Å². The molecule has 3 rings (SSSR count). The molecule has 0 unspecified atom stereocenters. The van der Waals surface area contributed by atoms with E-state index < -0.39 is 10.0 Å². The van der Waals surface area contributed by atoms with Gasteiger partial charge in [-0.05, 0) is 55.3 Å². The molecule has 0 aliphatic heterocycles. The van der Waals surface area contributed by atoms with E-state index in [1.54, 1.807) is 48.7 Å². The van der Waals surface area contributed by atoms with Gasteiger partial charge in [0, 0.05) is 18.8 Å². The molecule has 0 saturated heterocycles. The molecule has 0 amide bonds. The van der Waals surface area contributed by atoms with Gasteiger partial charge in [0.1, 0.15) is 16.4 Å². The van der Waals surface area contributed by atoms with E-state index in [1.807, 2.05) is 32.0 Å². The molecule has 0 bridgehead atoms. The molecule has 7 heteroatoms.